The Balaban J connectivity index is 1.75. The average molecular weight is 181 g/mol. The molecule has 2 aliphatic carbocycles. The summed E-state index contributed by atoms with van der Waals surface area (Å²) in [5.41, 5.74) is 7.12. The second kappa shape index (κ2) is 2.48. The van der Waals surface area contributed by atoms with E-state index in [1.54, 1.807) is 0 Å². The Morgan fingerprint density at radius 1 is 1.15 bits per heavy atom. The predicted molar refractivity (Wildman–Crippen MR) is 51.4 cm³/mol. The van der Waals surface area contributed by atoms with Crippen molar-refractivity contribution in [3.8, 4) is 0 Å². The van der Waals surface area contributed by atoms with Crippen LogP contribution in [0.1, 0.15) is 38.5 Å². The molecule has 1 aliphatic heterocycles. The highest BCUT2D eigenvalue weighted by atomic mass is 16.5. The van der Waals surface area contributed by atoms with Crippen LogP contribution in [0.4, 0.5) is 0 Å². The maximum absolute atomic E-state index is 6.36. The van der Waals surface area contributed by atoms with Gasteiger partial charge in [-0.1, -0.05) is 0 Å². The Morgan fingerprint density at radius 2 is 1.92 bits per heavy atom. The lowest BCUT2D eigenvalue weighted by molar-refractivity contribution is 0.0141. The van der Waals surface area contributed by atoms with Gasteiger partial charge in [0.1, 0.15) is 0 Å². The summed E-state index contributed by atoms with van der Waals surface area (Å²) >= 11 is 0. The van der Waals surface area contributed by atoms with Crippen molar-refractivity contribution in [2.24, 2.45) is 17.1 Å². The molecule has 0 spiro atoms. The van der Waals surface area contributed by atoms with Gasteiger partial charge in [-0.05, 0) is 49.9 Å². The van der Waals surface area contributed by atoms with Gasteiger partial charge in [0.15, 0.2) is 0 Å². The number of hydrogen-bond donors (Lipinski definition) is 1. The molecule has 2 N–H and O–H groups in total. The molecule has 2 heteroatoms. The minimum Gasteiger partial charge on any atom is -0.381 e. The van der Waals surface area contributed by atoms with Gasteiger partial charge in [-0.2, -0.15) is 0 Å². The predicted octanol–water partition coefficient (Wildman–Crippen LogP) is 1.68. The maximum Gasteiger partial charge on any atom is 0.0500 e. The van der Waals surface area contributed by atoms with E-state index in [-0.39, 0.29) is 5.54 Å². The van der Waals surface area contributed by atoms with Gasteiger partial charge >= 0.3 is 0 Å². The van der Waals surface area contributed by atoms with Gasteiger partial charge < -0.3 is 10.5 Å². The zero-order chi connectivity index (χ0) is 8.94. The van der Waals surface area contributed by atoms with E-state index >= 15 is 0 Å². The fourth-order valence-corrected chi connectivity index (χ4v) is 3.26. The summed E-state index contributed by atoms with van der Waals surface area (Å²) in [5, 5.41) is 0. The quantitative estimate of drug-likeness (QED) is 0.703. The molecule has 0 radical (unpaired) electrons. The van der Waals surface area contributed by atoms with Gasteiger partial charge in [0, 0.05) is 18.8 Å². The first-order valence-electron chi connectivity index (χ1n) is 5.64. The van der Waals surface area contributed by atoms with Crippen molar-refractivity contribution >= 4 is 0 Å². The Morgan fingerprint density at radius 3 is 2.38 bits per heavy atom. The van der Waals surface area contributed by atoms with E-state index in [2.05, 4.69) is 0 Å². The third kappa shape index (κ3) is 1.08. The molecular formula is C11H19NO. The lowest BCUT2D eigenvalue weighted by Crippen LogP contribution is -2.42. The molecule has 3 rings (SSSR count). The molecule has 2 saturated carbocycles. The van der Waals surface area contributed by atoms with Crippen LogP contribution in [-0.2, 0) is 4.74 Å². The third-order valence-corrected chi connectivity index (χ3v) is 4.51. The standard InChI is InChI=1S/C11H19NO/c12-11(5-6-11)10(3-4-10)9-2-1-7-13-8-9/h9H,1-8,12H2. The SMILES string of the molecule is NC1(C2(C3CCCOC3)CC2)CC1. The fraction of sp³-hybridized carbons (Fsp3) is 1.00. The van der Waals surface area contributed by atoms with Gasteiger partial charge in [-0.15, -0.1) is 0 Å². The van der Waals surface area contributed by atoms with Gasteiger partial charge in [0.2, 0.25) is 0 Å². The Kier molecular flexibility index (Phi) is 1.58. The number of ether oxygens (including phenoxy) is 1. The molecule has 0 aromatic carbocycles. The molecule has 0 aromatic rings. The smallest absolute Gasteiger partial charge is 0.0500 e. The molecule has 3 fully saturated rings. The molecule has 1 unspecified atom stereocenters. The van der Waals surface area contributed by atoms with Crippen molar-refractivity contribution in [2.45, 2.75) is 44.1 Å². The van der Waals surface area contributed by atoms with Gasteiger partial charge in [0.25, 0.3) is 0 Å². The van der Waals surface area contributed by atoms with Gasteiger partial charge in [-0.25, -0.2) is 0 Å². The number of nitrogens with two attached hydrogens (primary N) is 1. The first kappa shape index (κ1) is 8.25. The minimum atomic E-state index is 0.234. The molecule has 1 saturated heterocycles. The number of rotatable bonds is 2. The second-order valence-corrected chi connectivity index (χ2v) is 5.23. The first-order chi connectivity index (χ1) is 6.27. The van der Waals surface area contributed by atoms with Crippen LogP contribution in [0.25, 0.3) is 0 Å². The van der Waals surface area contributed by atoms with Crippen molar-refractivity contribution in [1.82, 2.24) is 0 Å². The molecular weight excluding hydrogens is 162 g/mol. The summed E-state index contributed by atoms with van der Waals surface area (Å²) in [6.07, 6.45) is 7.89. The molecule has 3 aliphatic rings. The molecule has 0 aromatic heterocycles. The monoisotopic (exact) mass is 181 g/mol. The van der Waals surface area contributed by atoms with Crippen molar-refractivity contribution in [3.63, 3.8) is 0 Å². The van der Waals surface area contributed by atoms with Crippen LogP contribution in [0, 0.1) is 11.3 Å². The van der Waals surface area contributed by atoms with Crippen LogP contribution in [0.2, 0.25) is 0 Å². The van der Waals surface area contributed by atoms with E-state index in [4.69, 9.17) is 10.5 Å². The summed E-state index contributed by atoms with van der Waals surface area (Å²) in [6, 6.07) is 0. The molecule has 0 amide bonds. The first-order valence-corrected chi connectivity index (χ1v) is 5.64. The largest absolute Gasteiger partial charge is 0.381 e. The highest BCUT2D eigenvalue weighted by Crippen LogP contribution is 2.67. The lowest BCUT2D eigenvalue weighted by atomic mass is 9.78. The van der Waals surface area contributed by atoms with Crippen LogP contribution in [0.3, 0.4) is 0 Å². The summed E-state index contributed by atoms with van der Waals surface area (Å²) in [7, 11) is 0. The molecule has 0 bridgehead atoms. The Labute approximate surface area is 79.8 Å². The van der Waals surface area contributed by atoms with Gasteiger partial charge in [0.05, 0.1) is 0 Å². The Bertz CT molecular complexity index is 212. The van der Waals surface area contributed by atoms with Crippen LogP contribution in [0.15, 0.2) is 0 Å². The summed E-state index contributed by atoms with van der Waals surface area (Å²) in [5.74, 6) is 0.786. The van der Waals surface area contributed by atoms with Crippen LogP contribution < -0.4 is 5.73 Å². The number of hydrogen-bond acceptors (Lipinski definition) is 2. The van der Waals surface area contributed by atoms with Crippen LogP contribution in [0.5, 0.6) is 0 Å². The van der Waals surface area contributed by atoms with Crippen molar-refractivity contribution < 1.29 is 4.74 Å². The molecule has 74 valence electrons. The van der Waals surface area contributed by atoms with E-state index < -0.39 is 0 Å². The van der Waals surface area contributed by atoms with E-state index in [0.29, 0.717) is 5.41 Å². The molecule has 1 heterocycles. The second-order valence-electron chi connectivity index (χ2n) is 5.23. The minimum absolute atomic E-state index is 0.234. The molecule has 13 heavy (non-hydrogen) atoms. The third-order valence-electron chi connectivity index (χ3n) is 4.51. The maximum atomic E-state index is 6.36. The van der Waals surface area contributed by atoms with Crippen molar-refractivity contribution in [3.05, 3.63) is 0 Å². The van der Waals surface area contributed by atoms with Crippen molar-refractivity contribution in [1.29, 1.82) is 0 Å². The highest BCUT2D eigenvalue weighted by Gasteiger charge is 2.66. The summed E-state index contributed by atoms with van der Waals surface area (Å²) in [4.78, 5) is 0. The van der Waals surface area contributed by atoms with Gasteiger partial charge in [-0.3, -0.25) is 0 Å². The highest BCUT2D eigenvalue weighted by molar-refractivity contribution is 5.21. The van der Waals surface area contributed by atoms with Crippen LogP contribution in [-0.4, -0.2) is 18.8 Å². The zero-order valence-corrected chi connectivity index (χ0v) is 8.22. The van der Waals surface area contributed by atoms with E-state index in [0.717, 1.165) is 19.1 Å². The topological polar surface area (TPSA) is 35.2 Å². The zero-order valence-electron chi connectivity index (χ0n) is 8.22. The molecule has 1 atom stereocenters. The normalized spacial score (nSPS) is 39.9. The molecule has 2 nitrogen and oxygen atoms in total. The van der Waals surface area contributed by atoms with Crippen LogP contribution >= 0.6 is 0 Å². The van der Waals surface area contributed by atoms with Crippen molar-refractivity contribution in [2.75, 3.05) is 13.2 Å². The average Bonchev–Trinajstić information content (AvgIpc) is 3.01. The van der Waals surface area contributed by atoms with E-state index in [1.807, 2.05) is 0 Å². The van der Waals surface area contributed by atoms with E-state index in [9.17, 15) is 0 Å². The fourth-order valence-electron chi connectivity index (χ4n) is 3.26. The van der Waals surface area contributed by atoms with E-state index in [1.165, 1.54) is 38.5 Å². The summed E-state index contributed by atoms with van der Waals surface area (Å²) < 4.78 is 5.58. The Hall–Kier alpha value is -0.0800. The lowest BCUT2D eigenvalue weighted by Gasteiger charge is -2.34. The summed E-state index contributed by atoms with van der Waals surface area (Å²) in [6.45, 7) is 1.96.